The van der Waals surface area contributed by atoms with Gasteiger partial charge in [0.25, 0.3) is 5.91 Å². The van der Waals surface area contributed by atoms with Gasteiger partial charge in [-0.2, -0.15) is 13.2 Å². The molecule has 0 bridgehead atoms. The Balaban J connectivity index is 1.60. The highest BCUT2D eigenvalue weighted by Crippen LogP contribution is 2.34. The first-order valence-corrected chi connectivity index (χ1v) is 7.82. The van der Waals surface area contributed by atoms with E-state index in [-0.39, 0.29) is 5.69 Å². The minimum Gasteiger partial charge on any atom is -0.484 e. The monoisotopic (exact) mass is 377 g/mol. The van der Waals surface area contributed by atoms with Crippen molar-refractivity contribution >= 4 is 11.6 Å². The minimum absolute atomic E-state index is 0.319. The second-order valence-corrected chi connectivity index (χ2v) is 5.53. The molecule has 0 aliphatic heterocycles. The third-order valence-electron chi connectivity index (χ3n) is 3.50. The zero-order valence-electron chi connectivity index (χ0n) is 14.1. The summed E-state index contributed by atoms with van der Waals surface area (Å²) >= 11 is 0. The molecule has 0 saturated carbocycles. The van der Waals surface area contributed by atoms with Crippen molar-refractivity contribution < 1.29 is 27.1 Å². The molecular formula is C18H14F3N3O3. The van der Waals surface area contributed by atoms with Crippen LogP contribution in [0.3, 0.4) is 0 Å². The molecule has 9 heteroatoms. The van der Waals surface area contributed by atoms with Crippen molar-refractivity contribution in [3.63, 3.8) is 0 Å². The number of carbonyl (C=O) groups is 1. The molecule has 0 aliphatic carbocycles. The van der Waals surface area contributed by atoms with Gasteiger partial charge in [0.05, 0.1) is 11.3 Å². The van der Waals surface area contributed by atoms with Gasteiger partial charge in [0.2, 0.25) is 11.8 Å². The number of anilines is 1. The fraction of sp³-hybridized carbons (Fsp3) is 0.167. The Hall–Kier alpha value is -3.36. The van der Waals surface area contributed by atoms with Gasteiger partial charge in [0.15, 0.2) is 6.61 Å². The summed E-state index contributed by atoms with van der Waals surface area (Å²) in [5, 5.41) is 9.82. The number of nitrogens with one attached hydrogen (secondary N) is 1. The minimum atomic E-state index is -4.56. The van der Waals surface area contributed by atoms with Crippen LogP contribution in [-0.4, -0.2) is 22.7 Å². The average molecular weight is 377 g/mol. The SMILES string of the molecule is Cc1nnc(-c2ccc(OCC(=O)Nc3ccccc3C(F)(F)F)cc2)o1. The number of halogens is 3. The first kappa shape index (κ1) is 18.4. The summed E-state index contributed by atoms with van der Waals surface area (Å²) in [6, 6.07) is 11.2. The van der Waals surface area contributed by atoms with Crippen molar-refractivity contribution in [1.82, 2.24) is 10.2 Å². The summed E-state index contributed by atoms with van der Waals surface area (Å²) in [6.45, 7) is 1.23. The van der Waals surface area contributed by atoms with Crippen molar-refractivity contribution in [2.45, 2.75) is 13.1 Å². The van der Waals surface area contributed by atoms with Crippen molar-refractivity contribution in [1.29, 1.82) is 0 Å². The van der Waals surface area contributed by atoms with E-state index in [9.17, 15) is 18.0 Å². The second-order valence-electron chi connectivity index (χ2n) is 5.53. The van der Waals surface area contributed by atoms with Crippen LogP contribution < -0.4 is 10.1 Å². The lowest BCUT2D eigenvalue weighted by molar-refractivity contribution is -0.137. The van der Waals surface area contributed by atoms with Gasteiger partial charge in [-0.15, -0.1) is 10.2 Å². The number of hydrogen-bond acceptors (Lipinski definition) is 5. The van der Waals surface area contributed by atoms with Gasteiger partial charge in [-0.05, 0) is 36.4 Å². The predicted octanol–water partition coefficient (Wildman–Crippen LogP) is 4.08. The molecule has 0 unspecified atom stereocenters. The van der Waals surface area contributed by atoms with E-state index in [1.165, 1.54) is 18.2 Å². The summed E-state index contributed by atoms with van der Waals surface area (Å²) in [6.07, 6.45) is -4.56. The normalized spacial score (nSPS) is 11.3. The molecule has 0 saturated heterocycles. The van der Waals surface area contributed by atoms with Crippen LogP contribution in [-0.2, 0) is 11.0 Å². The highest BCUT2D eigenvalue weighted by atomic mass is 19.4. The Kier molecular flexibility index (Phi) is 5.11. The molecule has 3 rings (SSSR count). The van der Waals surface area contributed by atoms with E-state index >= 15 is 0 Å². The summed E-state index contributed by atoms with van der Waals surface area (Å²) in [7, 11) is 0. The molecule has 140 valence electrons. The number of hydrogen-bond donors (Lipinski definition) is 1. The molecular weight excluding hydrogens is 363 g/mol. The van der Waals surface area contributed by atoms with Crippen LogP contribution >= 0.6 is 0 Å². The molecule has 0 fully saturated rings. The lowest BCUT2D eigenvalue weighted by atomic mass is 10.1. The van der Waals surface area contributed by atoms with Crippen LogP contribution in [0, 0.1) is 6.92 Å². The van der Waals surface area contributed by atoms with E-state index in [1.54, 1.807) is 31.2 Å². The third kappa shape index (κ3) is 4.63. The zero-order valence-corrected chi connectivity index (χ0v) is 14.1. The number of amides is 1. The van der Waals surface area contributed by atoms with Gasteiger partial charge in [-0.1, -0.05) is 12.1 Å². The number of alkyl halides is 3. The second kappa shape index (κ2) is 7.48. The molecule has 0 spiro atoms. The van der Waals surface area contributed by atoms with Crippen LogP contribution in [0.4, 0.5) is 18.9 Å². The Labute approximate surface area is 152 Å². The highest BCUT2D eigenvalue weighted by molar-refractivity contribution is 5.92. The van der Waals surface area contributed by atoms with Gasteiger partial charge in [-0.3, -0.25) is 4.79 Å². The number of carbonyl (C=O) groups excluding carboxylic acids is 1. The van der Waals surface area contributed by atoms with Gasteiger partial charge in [0, 0.05) is 12.5 Å². The predicted molar refractivity (Wildman–Crippen MR) is 90.0 cm³/mol. The third-order valence-corrected chi connectivity index (χ3v) is 3.50. The quantitative estimate of drug-likeness (QED) is 0.725. The number of nitrogens with zero attached hydrogens (tertiary/aromatic N) is 2. The molecule has 3 aromatic rings. The lowest BCUT2D eigenvalue weighted by Gasteiger charge is -2.13. The Morgan fingerprint density at radius 1 is 1.11 bits per heavy atom. The number of aromatic nitrogens is 2. The maximum atomic E-state index is 12.9. The lowest BCUT2D eigenvalue weighted by Crippen LogP contribution is -2.22. The Morgan fingerprint density at radius 3 is 2.44 bits per heavy atom. The average Bonchev–Trinajstić information content (AvgIpc) is 3.06. The zero-order chi connectivity index (χ0) is 19.4. The van der Waals surface area contributed by atoms with Crippen LogP contribution in [0.25, 0.3) is 11.5 Å². The Morgan fingerprint density at radius 2 is 1.81 bits per heavy atom. The number of para-hydroxylation sites is 1. The van der Waals surface area contributed by atoms with Crippen molar-refractivity contribution in [2.24, 2.45) is 0 Å². The number of benzene rings is 2. The van der Waals surface area contributed by atoms with Gasteiger partial charge in [0.1, 0.15) is 5.75 Å². The van der Waals surface area contributed by atoms with E-state index in [0.717, 1.165) is 6.07 Å². The van der Waals surface area contributed by atoms with Crippen LogP contribution in [0.15, 0.2) is 52.9 Å². The van der Waals surface area contributed by atoms with E-state index in [4.69, 9.17) is 9.15 Å². The van der Waals surface area contributed by atoms with E-state index in [2.05, 4.69) is 15.5 Å². The molecule has 6 nitrogen and oxygen atoms in total. The molecule has 0 atom stereocenters. The molecule has 27 heavy (non-hydrogen) atoms. The smallest absolute Gasteiger partial charge is 0.418 e. The first-order valence-electron chi connectivity index (χ1n) is 7.82. The van der Waals surface area contributed by atoms with E-state index in [0.29, 0.717) is 23.1 Å². The van der Waals surface area contributed by atoms with Crippen LogP contribution in [0.1, 0.15) is 11.5 Å². The fourth-order valence-corrected chi connectivity index (χ4v) is 2.28. The largest absolute Gasteiger partial charge is 0.484 e. The van der Waals surface area contributed by atoms with Crippen molar-refractivity contribution in [3.8, 4) is 17.2 Å². The van der Waals surface area contributed by atoms with Crippen LogP contribution in [0.2, 0.25) is 0 Å². The number of rotatable bonds is 5. The van der Waals surface area contributed by atoms with Gasteiger partial charge >= 0.3 is 6.18 Å². The van der Waals surface area contributed by atoms with E-state index in [1.807, 2.05) is 0 Å². The molecule has 0 aliphatic rings. The maximum Gasteiger partial charge on any atom is 0.418 e. The topological polar surface area (TPSA) is 77.2 Å². The summed E-state index contributed by atoms with van der Waals surface area (Å²) < 4.78 is 49.4. The number of ether oxygens (including phenoxy) is 1. The summed E-state index contributed by atoms with van der Waals surface area (Å²) in [5.41, 5.74) is -0.565. The number of aryl methyl sites for hydroxylation is 1. The standard InChI is InChI=1S/C18H14F3N3O3/c1-11-23-24-17(27-11)12-6-8-13(9-7-12)26-10-16(25)22-15-5-3-2-4-14(15)18(19,20)21/h2-9H,10H2,1H3,(H,22,25). The molecule has 1 aromatic heterocycles. The maximum absolute atomic E-state index is 12.9. The Bertz CT molecular complexity index is 937. The van der Waals surface area contributed by atoms with Crippen molar-refractivity contribution in [3.05, 3.63) is 60.0 Å². The van der Waals surface area contributed by atoms with Crippen molar-refractivity contribution in [2.75, 3.05) is 11.9 Å². The van der Waals surface area contributed by atoms with E-state index < -0.39 is 24.3 Å². The molecule has 1 amide bonds. The summed E-state index contributed by atoms with van der Waals surface area (Å²) in [5.74, 6) is 0.444. The fourth-order valence-electron chi connectivity index (χ4n) is 2.28. The van der Waals surface area contributed by atoms with Gasteiger partial charge < -0.3 is 14.5 Å². The molecule has 2 aromatic carbocycles. The molecule has 1 N–H and O–H groups in total. The summed E-state index contributed by atoms with van der Waals surface area (Å²) in [4.78, 5) is 11.9. The molecule has 0 radical (unpaired) electrons. The van der Waals surface area contributed by atoms with Gasteiger partial charge in [-0.25, -0.2) is 0 Å². The molecule has 1 heterocycles. The highest BCUT2D eigenvalue weighted by Gasteiger charge is 2.33. The van der Waals surface area contributed by atoms with Crippen LogP contribution in [0.5, 0.6) is 5.75 Å². The first-order chi connectivity index (χ1) is 12.8.